The molecule has 2 unspecified atom stereocenters. The Kier molecular flexibility index (Phi) is 6.20. The SMILES string of the molecule is CCNC(CC(C)CC)c1cc(C)ccc1OC. The first-order valence-electron chi connectivity index (χ1n) is 7.00. The second kappa shape index (κ2) is 7.42. The standard InChI is InChI=1S/C16H27NO/c1-6-12(3)11-15(17-7-2)14-10-13(4)8-9-16(14)18-5/h8-10,12,15,17H,6-7,11H2,1-5H3. The van der Waals surface area contributed by atoms with E-state index in [2.05, 4.69) is 51.2 Å². The predicted molar refractivity (Wildman–Crippen MR) is 78.2 cm³/mol. The highest BCUT2D eigenvalue weighted by molar-refractivity contribution is 5.39. The number of rotatable bonds is 7. The highest BCUT2D eigenvalue weighted by Crippen LogP contribution is 2.31. The number of benzene rings is 1. The number of aryl methyl sites for hydroxylation is 1. The molecule has 1 aromatic carbocycles. The highest BCUT2D eigenvalue weighted by Gasteiger charge is 2.17. The van der Waals surface area contributed by atoms with E-state index >= 15 is 0 Å². The van der Waals surface area contributed by atoms with Gasteiger partial charge in [-0.3, -0.25) is 0 Å². The van der Waals surface area contributed by atoms with Gasteiger partial charge in [0.25, 0.3) is 0 Å². The van der Waals surface area contributed by atoms with Crippen LogP contribution in [0.15, 0.2) is 18.2 Å². The van der Waals surface area contributed by atoms with Crippen LogP contribution in [0.3, 0.4) is 0 Å². The summed E-state index contributed by atoms with van der Waals surface area (Å²) in [4.78, 5) is 0. The molecule has 0 bridgehead atoms. The fourth-order valence-corrected chi connectivity index (χ4v) is 2.26. The fourth-order valence-electron chi connectivity index (χ4n) is 2.26. The van der Waals surface area contributed by atoms with Crippen molar-refractivity contribution in [2.24, 2.45) is 5.92 Å². The summed E-state index contributed by atoms with van der Waals surface area (Å²) >= 11 is 0. The molecular weight excluding hydrogens is 222 g/mol. The Morgan fingerprint density at radius 1 is 1.28 bits per heavy atom. The molecule has 102 valence electrons. The molecule has 0 fully saturated rings. The molecule has 0 amide bonds. The number of ether oxygens (including phenoxy) is 1. The third-order valence-corrected chi connectivity index (χ3v) is 3.55. The maximum absolute atomic E-state index is 5.50. The van der Waals surface area contributed by atoms with Crippen LogP contribution in [-0.4, -0.2) is 13.7 Å². The Balaban J connectivity index is 2.99. The van der Waals surface area contributed by atoms with Crippen LogP contribution in [0.5, 0.6) is 5.75 Å². The molecule has 2 atom stereocenters. The van der Waals surface area contributed by atoms with Crippen LogP contribution in [0.1, 0.15) is 50.8 Å². The molecular formula is C16H27NO. The first-order valence-corrected chi connectivity index (χ1v) is 7.00. The van der Waals surface area contributed by atoms with E-state index in [1.807, 2.05) is 0 Å². The Hall–Kier alpha value is -1.02. The van der Waals surface area contributed by atoms with Crippen molar-refractivity contribution in [3.8, 4) is 5.75 Å². The van der Waals surface area contributed by atoms with Crippen molar-refractivity contribution in [2.45, 2.75) is 46.6 Å². The largest absolute Gasteiger partial charge is 0.496 e. The van der Waals surface area contributed by atoms with Crippen molar-refractivity contribution >= 4 is 0 Å². The summed E-state index contributed by atoms with van der Waals surface area (Å²) in [6, 6.07) is 6.81. The van der Waals surface area contributed by atoms with Gasteiger partial charge in [-0.15, -0.1) is 0 Å². The van der Waals surface area contributed by atoms with Crippen molar-refractivity contribution in [2.75, 3.05) is 13.7 Å². The van der Waals surface area contributed by atoms with Crippen molar-refractivity contribution < 1.29 is 4.74 Å². The molecule has 0 saturated heterocycles. The topological polar surface area (TPSA) is 21.3 Å². The summed E-state index contributed by atoms with van der Waals surface area (Å²) in [5.74, 6) is 1.72. The molecule has 0 heterocycles. The first-order chi connectivity index (χ1) is 8.62. The van der Waals surface area contributed by atoms with Crippen molar-refractivity contribution in [3.63, 3.8) is 0 Å². The normalized spacial score (nSPS) is 14.3. The maximum Gasteiger partial charge on any atom is 0.123 e. The minimum Gasteiger partial charge on any atom is -0.496 e. The van der Waals surface area contributed by atoms with E-state index in [0.29, 0.717) is 6.04 Å². The molecule has 18 heavy (non-hydrogen) atoms. The molecule has 2 heteroatoms. The predicted octanol–water partition coefficient (Wildman–Crippen LogP) is 4.09. The molecule has 2 nitrogen and oxygen atoms in total. The van der Waals surface area contributed by atoms with Gasteiger partial charge in [0, 0.05) is 11.6 Å². The maximum atomic E-state index is 5.50. The molecule has 1 rings (SSSR count). The quantitative estimate of drug-likeness (QED) is 0.786. The Labute approximate surface area is 112 Å². The lowest BCUT2D eigenvalue weighted by Gasteiger charge is -2.24. The lowest BCUT2D eigenvalue weighted by Crippen LogP contribution is -2.23. The third kappa shape index (κ3) is 4.02. The second-order valence-corrected chi connectivity index (χ2v) is 5.10. The van der Waals surface area contributed by atoms with E-state index in [0.717, 1.165) is 24.6 Å². The van der Waals surface area contributed by atoms with Gasteiger partial charge in [0.05, 0.1) is 7.11 Å². The molecule has 0 aliphatic rings. The van der Waals surface area contributed by atoms with E-state index < -0.39 is 0 Å². The Morgan fingerprint density at radius 2 is 2.00 bits per heavy atom. The van der Waals surface area contributed by atoms with Crippen molar-refractivity contribution in [1.82, 2.24) is 5.32 Å². The molecule has 0 aromatic heterocycles. The molecule has 0 aliphatic carbocycles. The van der Waals surface area contributed by atoms with Crippen LogP contribution in [0, 0.1) is 12.8 Å². The molecule has 0 radical (unpaired) electrons. The van der Waals surface area contributed by atoms with E-state index in [9.17, 15) is 0 Å². The van der Waals surface area contributed by atoms with Crippen molar-refractivity contribution in [1.29, 1.82) is 0 Å². The summed E-state index contributed by atoms with van der Waals surface area (Å²) < 4.78 is 5.50. The monoisotopic (exact) mass is 249 g/mol. The van der Waals surface area contributed by atoms with Crippen LogP contribution < -0.4 is 10.1 Å². The Bertz CT molecular complexity index is 362. The number of methoxy groups -OCH3 is 1. The fraction of sp³-hybridized carbons (Fsp3) is 0.625. The van der Waals surface area contributed by atoms with Crippen LogP contribution >= 0.6 is 0 Å². The molecule has 0 saturated carbocycles. The molecule has 1 aromatic rings. The van der Waals surface area contributed by atoms with Gasteiger partial charge < -0.3 is 10.1 Å². The molecule has 0 spiro atoms. The third-order valence-electron chi connectivity index (χ3n) is 3.55. The van der Waals surface area contributed by atoms with Gasteiger partial charge in [0.1, 0.15) is 5.75 Å². The minimum atomic E-state index is 0.389. The van der Waals surface area contributed by atoms with Gasteiger partial charge in [-0.05, 0) is 31.9 Å². The van der Waals surface area contributed by atoms with Gasteiger partial charge in [-0.2, -0.15) is 0 Å². The van der Waals surface area contributed by atoms with Crippen LogP contribution in [-0.2, 0) is 0 Å². The van der Waals surface area contributed by atoms with Gasteiger partial charge in [0.15, 0.2) is 0 Å². The van der Waals surface area contributed by atoms with Crippen LogP contribution in [0.4, 0.5) is 0 Å². The van der Waals surface area contributed by atoms with E-state index in [4.69, 9.17) is 4.74 Å². The smallest absolute Gasteiger partial charge is 0.123 e. The van der Waals surface area contributed by atoms with Gasteiger partial charge in [0.2, 0.25) is 0 Å². The van der Waals surface area contributed by atoms with E-state index in [-0.39, 0.29) is 0 Å². The van der Waals surface area contributed by atoms with E-state index in [1.165, 1.54) is 17.5 Å². The number of hydrogen-bond acceptors (Lipinski definition) is 2. The Morgan fingerprint density at radius 3 is 2.56 bits per heavy atom. The minimum absolute atomic E-state index is 0.389. The summed E-state index contributed by atoms with van der Waals surface area (Å²) in [6.45, 7) is 9.84. The summed E-state index contributed by atoms with van der Waals surface area (Å²) in [6.07, 6.45) is 2.38. The van der Waals surface area contributed by atoms with Gasteiger partial charge >= 0.3 is 0 Å². The molecule has 0 aliphatic heterocycles. The lowest BCUT2D eigenvalue weighted by atomic mass is 9.93. The first kappa shape index (κ1) is 15.0. The zero-order chi connectivity index (χ0) is 13.5. The van der Waals surface area contributed by atoms with Crippen molar-refractivity contribution in [3.05, 3.63) is 29.3 Å². The van der Waals surface area contributed by atoms with E-state index in [1.54, 1.807) is 7.11 Å². The number of nitrogens with one attached hydrogen (secondary N) is 1. The summed E-state index contributed by atoms with van der Waals surface area (Å²) in [7, 11) is 1.75. The average Bonchev–Trinajstić information content (AvgIpc) is 2.38. The number of hydrogen-bond donors (Lipinski definition) is 1. The zero-order valence-electron chi connectivity index (χ0n) is 12.4. The molecule has 1 N–H and O–H groups in total. The van der Waals surface area contributed by atoms with Crippen LogP contribution in [0.2, 0.25) is 0 Å². The van der Waals surface area contributed by atoms with Gasteiger partial charge in [-0.25, -0.2) is 0 Å². The average molecular weight is 249 g/mol. The lowest BCUT2D eigenvalue weighted by molar-refractivity contribution is 0.373. The summed E-state index contributed by atoms with van der Waals surface area (Å²) in [5.41, 5.74) is 2.58. The van der Waals surface area contributed by atoms with Gasteiger partial charge in [-0.1, -0.05) is 44.9 Å². The second-order valence-electron chi connectivity index (χ2n) is 5.10. The zero-order valence-corrected chi connectivity index (χ0v) is 12.4. The van der Waals surface area contributed by atoms with Crippen LogP contribution in [0.25, 0.3) is 0 Å². The highest BCUT2D eigenvalue weighted by atomic mass is 16.5. The summed E-state index contributed by atoms with van der Waals surface area (Å²) in [5, 5.41) is 3.59.